The van der Waals surface area contributed by atoms with E-state index in [0.29, 0.717) is 24.4 Å². The summed E-state index contributed by atoms with van der Waals surface area (Å²) < 4.78 is 23.4. The topological polar surface area (TPSA) is 106 Å². The second kappa shape index (κ2) is 7.83. The molecule has 1 saturated carbocycles. The van der Waals surface area contributed by atoms with E-state index in [1.165, 1.54) is 0 Å². The molecule has 1 aliphatic carbocycles. The van der Waals surface area contributed by atoms with Crippen molar-refractivity contribution in [3.05, 3.63) is 57.9 Å². The fraction of sp³-hybridized carbons (Fsp3) is 0.375. The lowest BCUT2D eigenvalue weighted by molar-refractivity contribution is 0.117. The standard InChI is InChI=1S/C24H24FN5O2/c25-18-19(27)17-21-23(20(18)29-11-3-6-16-5-1-2-10-28-16)32-12-9-24(7-4-8-24)30(21)14-15(13-26)22(17)31/h1-2,5,10,14,29H,3-4,6-9,11-12,27H2. The molecule has 0 unspecified atom stereocenters. The van der Waals surface area contributed by atoms with Crippen molar-refractivity contribution < 1.29 is 9.13 Å². The molecule has 164 valence electrons. The second-order valence-corrected chi connectivity index (χ2v) is 8.54. The predicted octanol–water partition coefficient (Wildman–Crippen LogP) is 3.70. The predicted molar refractivity (Wildman–Crippen MR) is 120 cm³/mol. The number of nitrogen functional groups attached to an aromatic ring is 1. The van der Waals surface area contributed by atoms with Crippen molar-refractivity contribution in [2.45, 2.75) is 44.1 Å². The smallest absolute Gasteiger partial charge is 0.209 e. The van der Waals surface area contributed by atoms with Gasteiger partial charge < -0.3 is 20.4 Å². The van der Waals surface area contributed by atoms with Crippen LogP contribution in [0.25, 0.3) is 10.9 Å². The molecule has 3 heterocycles. The molecule has 32 heavy (non-hydrogen) atoms. The van der Waals surface area contributed by atoms with Gasteiger partial charge in [0.05, 0.1) is 23.2 Å². The van der Waals surface area contributed by atoms with Crippen LogP contribution in [-0.2, 0) is 12.0 Å². The largest absolute Gasteiger partial charge is 0.489 e. The maximum absolute atomic E-state index is 15.4. The monoisotopic (exact) mass is 433 g/mol. The minimum atomic E-state index is -0.714. The van der Waals surface area contributed by atoms with E-state index < -0.39 is 11.2 Å². The Kier molecular flexibility index (Phi) is 4.97. The highest BCUT2D eigenvalue weighted by molar-refractivity contribution is 6.00. The molecule has 1 aromatic carbocycles. The van der Waals surface area contributed by atoms with Crippen LogP contribution in [-0.4, -0.2) is 22.7 Å². The van der Waals surface area contributed by atoms with E-state index in [9.17, 15) is 10.1 Å². The number of aryl methyl sites for hydroxylation is 1. The van der Waals surface area contributed by atoms with E-state index in [4.69, 9.17) is 10.5 Å². The summed E-state index contributed by atoms with van der Waals surface area (Å²) in [5.74, 6) is -0.413. The van der Waals surface area contributed by atoms with Crippen LogP contribution >= 0.6 is 0 Å². The zero-order valence-corrected chi connectivity index (χ0v) is 17.7. The Morgan fingerprint density at radius 2 is 2.19 bits per heavy atom. The van der Waals surface area contributed by atoms with Gasteiger partial charge in [-0.25, -0.2) is 4.39 Å². The summed E-state index contributed by atoms with van der Waals surface area (Å²) in [6.45, 7) is 0.888. The van der Waals surface area contributed by atoms with Gasteiger partial charge in [0, 0.05) is 36.6 Å². The molecule has 2 aliphatic rings. The molecular weight excluding hydrogens is 409 g/mol. The first kappa shape index (κ1) is 20.3. The van der Waals surface area contributed by atoms with Crippen molar-refractivity contribution in [2.75, 3.05) is 24.2 Å². The van der Waals surface area contributed by atoms with Gasteiger partial charge in [-0.05, 0) is 44.2 Å². The van der Waals surface area contributed by atoms with Gasteiger partial charge in [-0.15, -0.1) is 0 Å². The molecule has 3 N–H and O–H groups in total. The van der Waals surface area contributed by atoms with Gasteiger partial charge in [-0.2, -0.15) is 5.26 Å². The minimum Gasteiger partial charge on any atom is -0.489 e. The molecule has 1 aliphatic heterocycles. The third-order valence-electron chi connectivity index (χ3n) is 6.74. The number of benzene rings is 1. The first-order chi connectivity index (χ1) is 15.6. The van der Waals surface area contributed by atoms with E-state index in [0.717, 1.165) is 44.2 Å². The Labute approximate surface area is 184 Å². The van der Waals surface area contributed by atoms with Gasteiger partial charge in [0.15, 0.2) is 11.6 Å². The molecule has 0 atom stereocenters. The molecule has 1 spiro atoms. The SMILES string of the molecule is N#Cc1cn2c3c(c(NCCCc4ccccn4)c(F)c(N)c3c1=O)OCCC21CCC1. The molecule has 1 fully saturated rings. The molecule has 2 aromatic heterocycles. The third-order valence-corrected chi connectivity index (χ3v) is 6.74. The average molecular weight is 433 g/mol. The quantitative estimate of drug-likeness (QED) is 0.470. The summed E-state index contributed by atoms with van der Waals surface area (Å²) in [6.07, 6.45) is 8.45. The average Bonchev–Trinajstić information content (AvgIpc) is 2.95. The van der Waals surface area contributed by atoms with Crippen LogP contribution in [0.3, 0.4) is 0 Å². The number of aromatic nitrogens is 2. The van der Waals surface area contributed by atoms with Gasteiger partial charge in [0.25, 0.3) is 0 Å². The number of nitrogens with zero attached hydrogens (tertiary/aromatic N) is 3. The van der Waals surface area contributed by atoms with Crippen LogP contribution in [0.5, 0.6) is 5.75 Å². The molecule has 5 rings (SSSR count). The zero-order valence-electron chi connectivity index (χ0n) is 17.7. The van der Waals surface area contributed by atoms with Crippen LogP contribution in [0.2, 0.25) is 0 Å². The first-order valence-electron chi connectivity index (χ1n) is 10.9. The van der Waals surface area contributed by atoms with Crippen molar-refractivity contribution in [1.29, 1.82) is 5.26 Å². The number of rotatable bonds is 5. The Morgan fingerprint density at radius 3 is 2.88 bits per heavy atom. The van der Waals surface area contributed by atoms with E-state index in [1.54, 1.807) is 12.4 Å². The van der Waals surface area contributed by atoms with Gasteiger partial charge in [0.1, 0.15) is 17.3 Å². The van der Waals surface area contributed by atoms with Crippen molar-refractivity contribution in [3.63, 3.8) is 0 Å². The number of pyridine rings is 2. The van der Waals surface area contributed by atoms with Crippen LogP contribution in [0.1, 0.15) is 43.4 Å². The third kappa shape index (κ3) is 3.08. The fourth-order valence-electron chi connectivity index (χ4n) is 4.87. The Balaban J connectivity index is 1.60. The van der Waals surface area contributed by atoms with Crippen LogP contribution in [0, 0.1) is 17.1 Å². The Hall–Kier alpha value is -3.60. The van der Waals surface area contributed by atoms with Crippen molar-refractivity contribution >= 4 is 22.3 Å². The molecule has 0 radical (unpaired) electrons. The highest BCUT2D eigenvalue weighted by Gasteiger charge is 2.42. The molecule has 3 aromatic rings. The van der Waals surface area contributed by atoms with Gasteiger partial charge in [0.2, 0.25) is 5.43 Å². The lowest BCUT2D eigenvalue weighted by atomic mass is 9.74. The van der Waals surface area contributed by atoms with Crippen molar-refractivity contribution in [3.8, 4) is 11.8 Å². The number of anilines is 2. The van der Waals surface area contributed by atoms with Crippen molar-refractivity contribution in [2.24, 2.45) is 0 Å². The van der Waals surface area contributed by atoms with E-state index in [2.05, 4.69) is 10.3 Å². The van der Waals surface area contributed by atoms with E-state index in [1.807, 2.05) is 28.8 Å². The second-order valence-electron chi connectivity index (χ2n) is 8.54. The molecule has 7 nitrogen and oxygen atoms in total. The van der Waals surface area contributed by atoms with E-state index >= 15 is 4.39 Å². The maximum Gasteiger partial charge on any atom is 0.209 e. The van der Waals surface area contributed by atoms with E-state index in [-0.39, 0.29) is 27.9 Å². The number of nitriles is 1. The fourth-order valence-corrected chi connectivity index (χ4v) is 4.87. The Morgan fingerprint density at radius 1 is 1.34 bits per heavy atom. The molecule has 0 amide bonds. The first-order valence-corrected chi connectivity index (χ1v) is 10.9. The number of hydrogen-bond donors (Lipinski definition) is 2. The lowest BCUT2D eigenvalue weighted by Crippen LogP contribution is -2.41. The number of halogens is 1. The number of nitrogens with one attached hydrogen (secondary N) is 1. The minimum absolute atomic E-state index is 0.0289. The van der Waals surface area contributed by atoms with Crippen molar-refractivity contribution in [1.82, 2.24) is 9.55 Å². The summed E-state index contributed by atoms with van der Waals surface area (Å²) >= 11 is 0. The number of ether oxygens (including phenoxy) is 1. The Bertz CT molecular complexity index is 1290. The number of fused-ring (bicyclic) bond motifs is 1. The highest BCUT2D eigenvalue weighted by atomic mass is 19.1. The normalized spacial score (nSPS) is 16.1. The van der Waals surface area contributed by atoms with Crippen LogP contribution in [0.4, 0.5) is 15.8 Å². The zero-order chi connectivity index (χ0) is 22.3. The molecule has 0 saturated heterocycles. The summed E-state index contributed by atoms with van der Waals surface area (Å²) in [4.78, 5) is 17.3. The number of nitrogens with two attached hydrogens (primary N) is 1. The number of hydrogen-bond acceptors (Lipinski definition) is 6. The summed E-state index contributed by atoms with van der Waals surface area (Å²) in [5.41, 5.74) is 6.71. The molecule has 0 bridgehead atoms. The lowest BCUT2D eigenvalue weighted by Gasteiger charge is -2.43. The maximum atomic E-state index is 15.4. The van der Waals surface area contributed by atoms with Crippen LogP contribution in [0.15, 0.2) is 35.4 Å². The highest BCUT2D eigenvalue weighted by Crippen LogP contribution is 2.49. The summed E-state index contributed by atoms with van der Waals surface area (Å²) in [6, 6.07) is 7.71. The summed E-state index contributed by atoms with van der Waals surface area (Å²) in [5, 5.41) is 12.7. The van der Waals surface area contributed by atoms with Gasteiger partial charge in [-0.3, -0.25) is 9.78 Å². The summed E-state index contributed by atoms with van der Waals surface area (Å²) in [7, 11) is 0. The molecular formula is C24H24FN5O2. The molecule has 8 heteroatoms. The van der Waals surface area contributed by atoms with Crippen LogP contribution < -0.4 is 21.2 Å². The van der Waals surface area contributed by atoms with Gasteiger partial charge in [-0.1, -0.05) is 6.07 Å². The van der Waals surface area contributed by atoms with Gasteiger partial charge >= 0.3 is 0 Å².